The molecule has 3 nitrogen and oxygen atoms in total. The standard InChI is InChI=1S/C21H24F2N2O/c22-19-7-5-6-18(20(19)23)21(26)24-14-16-8-10-17(11-9-16)15-25-12-3-1-2-4-13-25/h5-11H,1-4,12-15H2,(H,24,26). The molecule has 0 aliphatic carbocycles. The first-order valence-electron chi connectivity index (χ1n) is 9.16. The lowest BCUT2D eigenvalue weighted by molar-refractivity contribution is 0.0946. The van der Waals surface area contributed by atoms with Gasteiger partial charge in [-0.1, -0.05) is 43.2 Å². The van der Waals surface area contributed by atoms with Crippen LogP contribution in [0.2, 0.25) is 0 Å². The molecule has 1 saturated heterocycles. The molecule has 1 N–H and O–H groups in total. The zero-order chi connectivity index (χ0) is 18.4. The average molecular weight is 358 g/mol. The van der Waals surface area contributed by atoms with Gasteiger partial charge in [-0.3, -0.25) is 9.69 Å². The number of nitrogens with one attached hydrogen (secondary N) is 1. The van der Waals surface area contributed by atoms with Crippen LogP contribution in [-0.4, -0.2) is 23.9 Å². The normalized spacial score (nSPS) is 15.5. The van der Waals surface area contributed by atoms with Crippen LogP contribution in [0.5, 0.6) is 0 Å². The second kappa shape index (κ2) is 8.90. The fraction of sp³-hybridized carbons (Fsp3) is 0.381. The van der Waals surface area contributed by atoms with Crippen LogP contribution in [0.15, 0.2) is 42.5 Å². The zero-order valence-electron chi connectivity index (χ0n) is 14.8. The highest BCUT2D eigenvalue weighted by Gasteiger charge is 2.14. The quantitative estimate of drug-likeness (QED) is 0.866. The van der Waals surface area contributed by atoms with Gasteiger partial charge in [-0.15, -0.1) is 0 Å². The molecular formula is C21H24F2N2O. The Balaban J connectivity index is 1.54. The van der Waals surface area contributed by atoms with Crippen molar-refractivity contribution in [3.05, 3.63) is 70.8 Å². The van der Waals surface area contributed by atoms with Crippen molar-refractivity contribution < 1.29 is 13.6 Å². The number of rotatable bonds is 5. The molecule has 0 aromatic heterocycles. The molecule has 26 heavy (non-hydrogen) atoms. The van der Waals surface area contributed by atoms with Gasteiger partial charge in [0.2, 0.25) is 0 Å². The first-order valence-corrected chi connectivity index (χ1v) is 9.16. The van der Waals surface area contributed by atoms with Crippen molar-refractivity contribution in [2.24, 2.45) is 0 Å². The van der Waals surface area contributed by atoms with Gasteiger partial charge in [-0.05, 0) is 49.2 Å². The summed E-state index contributed by atoms with van der Waals surface area (Å²) in [6.07, 6.45) is 5.17. The van der Waals surface area contributed by atoms with E-state index >= 15 is 0 Å². The number of halogens is 2. The van der Waals surface area contributed by atoms with Crippen molar-refractivity contribution in [1.82, 2.24) is 10.2 Å². The van der Waals surface area contributed by atoms with E-state index in [9.17, 15) is 13.6 Å². The molecule has 2 aromatic carbocycles. The van der Waals surface area contributed by atoms with E-state index in [4.69, 9.17) is 0 Å². The third kappa shape index (κ3) is 4.88. The number of hydrogen-bond donors (Lipinski definition) is 1. The Morgan fingerprint density at radius 3 is 2.27 bits per heavy atom. The molecule has 138 valence electrons. The number of benzene rings is 2. The lowest BCUT2D eigenvalue weighted by Gasteiger charge is -2.19. The van der Waals surface area contributed by atoms with Crippen LogP contribution >= 0.6 is 0 Å². The van der Waals surface area contributed by atoms with Gasteiger partial charge in [0, 0.05) is 13.1 Å². The summed E-state index contributed by atoms with van der Waals surface area (Å²) in [6, 6.07) is 11.7. The Kier molecular flexibility index (Phi) is 6.34. The summed E-state index contributed by atoms with van der Waals surface area (Å²) in [6.45, 7) is 3.52. The molecular weight excluding hydrogens is 334 g/mol. The number of hydrogen-bond acceptors (Lipinski definition) is 2. The maximum absolute atomic E-state index is 13.6. The lowest BCUT2D eigenvalue weighted by Crippen LogP contribution is -2.24. The van der Waals surface area contributed by atoms with Gasteiger partial charge >= 0.3 is 0 Å². The number of carbonyl (C=O) groups excluding carboxylic acids is 1. The zero-order valence-corrected chi connectivity index (χ0v) is 14.8. The van der Waals surface area contributed by atoms with Gasteiger partial charge in [-0.2, -0.15) is 0 Å². The van der Waals surface area contributed by atoms with Crippen LogP contribution in [0, 0.1) is 11.6 Å². The summed E-state index contributed by atoms with van der Waals surface area (Å²) in [5.41, 5.74) is 1.90. The Bertz CT molecular complexity index is 738. The Labute approximate surface area is 153 Å². The summed E-state index contributed by atoms with van der Waals surface area (Å²) in [4.78, 5) is 14.5. The highest BCUT2D eigenvalue weighted by Crippen LogP contribution is 2.14. The van der Waals surface area contributed by atoms with Crippen LogP contribution in [0.1, 0.15) is 47.2 Å². The monoisotopic (exact) mass is 358 g/mol. The fourth-order valence-corrected chi connectivity index (χ4v) is 3.27. The maximum atomic E-state index is 13.6. The minimum atomic E-state index is -1.11. The van der Waals surface area contributed by atoms with E-state index in [-0.39, 0.29) is 12.1 Å². The summed E-state index contributed by atoms with van der Waals surface area (Å²) in [5.74, 6) is -2.75. The average Bonchev–Trinajstić information content (AvgIpc) is 2.92. The molecule has 0 bridgehead atoms. The molecule has 0 unspecified atom stereocenters. The SMILES string of the molecule is O=C(NCc1ccc(CN2CCCCCC2)cc1)c1cccc(F)c1F. The van der Waals surface area contributed by atoms with Crippen molar-refractivity contribution in [2.45, 2.75) is 38.8 Å². The van der Waals surface area contributed by atoms with Crippen LogP contribution in [0.3, 0.4) is 0 Å². The molecule has 0 saturated carbocycles. The topological polar surface area (TPSA) is 32.3 Å². The van der Waals surface area contributed by atoms with Crippen LogP contribution in [0.25, 0.3) is 0 Å². The first kappa shape index (κ1) is 18.5. The maximum Gasteiger partial charge on any atom is 0.254 e. The van der Waals surface area contributed by atoms with Crippen molar-refractivity contribution in [3.8, 4) is 0 Å². The molecule has 3 rings (SSSR count). The van der Waals surface area contributed by atoms with E-state index < -0.39 is 17.5 Å². The summed E-state index contributed by atoms with van der Waals surface area (Å²) in [7, 11) is 0. The third-order valence-electron chi connectivity index (χ3n) is 4.78. The second-order valence-electron chi connectivity index (χ2n) is 6.79. The third-order valence-corrected chi connectivity index (χ3v) is 4.78. The van der Waals surface area contributed by atoms with Gasteiger partial charge in [0.05, 0.1) is 5.56 Å². The van der Waals surface area contributed by atoms with E-state index in [0.717, 1.165) is 31.3 Å². The van der Waals surface area contributed by atoms with Crippen molar-refractivity contribution in [3.63, 3.8) is 0 Å². The molecule has 0 radical (unpaired) electrons. The number of carbonyl (C=O) groups is 1. The number of likely N-dealkylation sites (tertiary alicyclic amines) is 1. The van der Waals surface area contributed by atoms with Gasteiger partial charge in [0.15, 0.2) is 11.6 Å². The Morgan fingerprint density at radius 1 is 0.923 bits per heavy atom. The molecule has 1 fully saturated rings. The Morgan fingerprint density at radius 2 is 1.58 bits per heavy atom. The van der Waals surface area contributed by atoms with Gasteiger partial charge in [0.25, 0.3) is 5.91 Å². The molecule has 1 aliphatic heterocycles. The largest absolute Gasteiger partial charge is 0.348 e. The van der Waals surface area contributed by atoms with Crippen molar-refractivity contribution >= 4 is 5.91 Å². The molecule has 5 heteroatoms. The summed E-state index contributed by atoms with van der Waals surface area (Å²) >= 11 is 0. The lowest BCUT2D eigenvalue weighted by atomic mass is 10.1. The van der Waals surface area contributed by atoms with Gasteiger partial charge < -0.3 is 5.32 Å². The molecule has 0 atom stereocenters. The van der Waals surface area contributed by atoms with E-state index in [1.165, 1.54) is 43.4 Å². The number of nitrogens with zero attached hydrogens (tertiary/aromatic N) is 1. The van der Waals surface area contributed by atoms with Crippen LogP contribution in [0.4, 0.5) is 8.78 Å². The van der Waals surface area contributed by atoms with Crippen molar-refractivity contribution in [2.75, 3.05) is 13.1 Å². The minimum Gasteiger partial charge on any atom is -0.348 e. The predicted molar refractivity (Wildman–Crippen MR) is 97.7 cm³/mol. The molecule has 1 amide bonds. The van der Waals surface area contributed by atoms with E-state index in [2.05, 4.69) is 22.3 Å². The fourth-order valence-electron chi connectivity index (χ4n) is 3.27. The van der Waals surface area contributed by atoms with Crippen LogP contribution < -0.4 is 5.32 Å². The molecule has 0 spiro atoms. The smallest absolute Gasteiger partial charge is 0.254 e. The highest BCUT2D eigenvalue weighted by atomic mass is 19.2. The summed E-state index contributed by atoms with van der Waals surface area (Å²) in [5, 5.41) is 2.64. The molecule has 2 aromatic rings. The van der Waals surface area contributed by atoms with Crippen LogP contribution in [-0.2, 0) is 13.1 Å². The Hall–Kier alpha value is -2.27. The number of amides is 1. The van der Waals surface area contributed by atoms with E-state index in [0.29, 0.717) is 0 Å². The first-order chi connectivity index (χ1) is 12.6. The second-order valence-corrected chi connectivity index (χ2v) is 6.79. The molecule has 1 heterocycles. The van der Waals surface area contributed by atoms with E-state index in [1.807, 2.05) is 12.1 Å². The summed E-state index contributed by atoms with van der Waals surface area (Å²) < 4.78 is 26.8. The van der Waals surface area contributed by atoms with Gasteiger partial charge in [-0.25, -0.2) is 8.78 Å². The van der Waals surface area contributed by atoms with Gasteiger partial charge in [0.1, 0.15) is 0 Å². The highest BCUT2D eigenvalue weighted by molar-refractivity contribution is 5.94. The van der Waals surface area contributed by atoms with Crippen molar-refractivity contribution in [1.29, 1.82) is 0 Å². The predicted octanol–water partition coefficient (Wildman–Crippen LogP) is 4.27. The minimum absolute atomic E-state index is 0.275. The van der Waals surface area contributed by atoms with E-state index in [1.54, 1.807) is 0 Å². The molecule has 1 aliphatic rings.